The van der Waals surface area contributed by atoms with Gasteiger partial charge in [-0.1, -0.05) is 18.2 Å². The van der Waals surface area contributed by atoms with Crippen molar-refractivity contribution in [1.82, 2.24) is 0 Å². The molecule has 0 aromatic heterocycles. The van der Waals surface area contributed by atoms with E-state index in [1.165, 1.54) is 24.3 Å². The Labute approximate surface area is 126 Å². The van der Waals surface area contributed by atoms with Gasteiger partial charge in [0.2, 0.25) is 0 Å². The number of hydrogen-bond acceptors (Lipinski definition) is 4. The molecule has 0 unspecified atom stereocenters. The molecule has 0 bridgehead atoms. The Balaban J connectivity index is 2.36. The smallest absolute Gasteiger partial charge is 0.339 e. The fourth-order valence-electron chi connectivity index (χ4n) is 1.72. The highest BCUT2D eigenvalue weighted by Gasteiger charge is 2.10. The highest BCUT2D eigenvalue weighted by molar-refractivity contribution is 5.91. The third kappa shape index (κ3) is 3.35. The maximum absolute atomic E-state index is 13.7. The predicted molar refractivity (Wildman–Crippen MR) is 80.4 cm³/mol. The number of azo groups is 1. The number of carboxylic acids is 1. The van der Waals surface area contributed by atoms with Gasteiger partial charge in [0.15, 0.2) is 5.82 Å². The van der Waals surface area contributed by atoms with E-state index in [1.807, 2.05) is 0 Å². The fourth-order valence-corrected chi connectivity index (χ4v) is 1.72. The predicted octanol–water partition coefficient (Wildman–Crippen LogP) is 4.68. The van der Waals surface area contributed by atoms with Crippen LogP contribution in [0.4, 0.5) is 15.8 Å². The van der Waals surface area contributed by atoms with E-state index in [1.54, 1.807) is 13.0 Å². The summed E-state index contributed by atoms with van der Waals surface area (Å²) in [6, 6.07) is 8.07. The summed E-state index contributed by atoms with van der Waals surface area (Å²) in [5.74, 6) is -2.21. The lowest BCUT2D eigenvalue weighted by molar-refractivity contribution is 0.0694. The van der Waals surface area contributed by atoms with Crippen LogP contribution in [0.1, 0.15) is 22.8 Å². The first-order chi connectivity index (χ1) is 10.4. The van der Waals surface area contributed by atoms with Gasteiger partial charge in [-0.2, -0.15) is 5.11 Å². The van der Waals surface area contributed by atoms with E-state index in [-0.39, 0.29) is 22.7 Å². The zero-order chi connectivity index (χ0) is 16.3. The number of rotatable bonds is 4. The fraction of sp³-hybridized carbons (Fsp3) is 0.0625. The van der Waals surface area contributed by atoms with E-state index in [9.17, 15) is 14.3 Å². The summed E-state index contributed by atoms with van der Waals surface area (Å²) in [7, 11) is 0. The molecule has 5 nitrogen and oxygen atoms in total. The van der Waals surface area contributed by atoms with Crippen LogP contribution in [-0.2, 0) is 0 Å². The van der Waals surface area contributed by atoms with Crippen LogP contribution in [0.5, 0.6) is 5.75 Å². The largest absolute Gasteiger partial charge is 0.507 e. The second kappa shape index (κ2) is 6.17. The van der Waals surface area contributed by atoms with Crippen LogP contribution in [0.15, 0.2) is 53.2 Å². The first-order valence-corrected chi connectivity index (χ1v) is 6.32. The molecule has 0 saturated carbocycles. The molecule has 0 aliphatic rings. The van der Waals surface area contributed by atoms with Crippen molar-refractivity contribution in [1.29, 1.82) is 0 Å². The average molecular weight is 300 g/mol. The number of allylic oxidation sites excluding steroid dienone is 1. The van der Waals surface area contributed by atoms with Crippen LogP contribution in [-0.4, -0.2) is 16.2 Å². The lowest BCUT2D eigenvalue weighted by Crippen LogP contribution is -1.95. The quantitative estimate of drug-likeness (QED) is 0.804. The molecule has 2 rings (SSSR count). The van der Waals surface area contributed by atoms with E-state index in [0.29, 0.717) is 0 Å². The molecular formula is C16H13FN2O3. The molecule has 2 aromatic carbocycles. The van der Waals surface area contributed by atoms with Gasteiger partial charge in [0.25, 0.3) is 0 Å². The first kappa shape index (κ1) is 15.4. The molecule has 0 heterocycles. The van der Waals surface area contributed by atoms with Gasteiger partial charge in [0.1, 0.15) is 17.0 Å². The topological polar surface area (TPSA) is 82.2 Å². The van der Waals surface area contributed by atoms with E-state index in [0.717, 1.165) is 17.2 Å². The molecule has 0 saturated heterocycles. The van der Waals surface area contributed by atoms with Crippen LogP contribution in [0, 0.1) is 5.82 Å². The Morgan fingerprint density at radius 3 is 2.55 bits per heavy atom. The number of carboxylic acid groups (broad SMARTS) is 1. The summed E-state index contributed by atoms with van der Waals surface area (Å²) in [6.07, 6.45) is 0. The molecule has 2 N–H and O–H groups in total. The van der Waals surface area contributed by atoms with E-state index >= 15 is 0 Å². The summed E-state index contributed by atoms with van der Waals surface area (Å²) in [4.78, 5) is 10.9. The Hall–Kier alpha value is -3.02. The minimum Gasteiger partial charge on any atom is -0.507 e. The van der Waals surface area contributed by atoms with Crippen molar-refractivity contribution < 1.29 is 19.4 Å². The normalized spacial score (nSPS) is 10.8. The molecule has 22 heavy (non-hydrogen) atoms. The lowest BCUT2D eigenvalue weighted by atomic mass is 10.1. The second-order valence-electron chi connectivity index (χ2n) is 4.65. The molecule has 0 aliphatic carbocycles. The molecule has 0 amide bonds. The van der Waals surface area contributed by atoms with Crippen LogP contribution < -0.4 is 0 Å². The maximum Gasteiger partial charge on any atom is 0.339 e. The monoisotopic (exact) mass is 300 g/mol. The highest BCUT2D eigenvalue weighted by Crippen LogP contribution is 2.27. The van der Waals surface area contributed by atoms with Crippen LogP contribution >= 0.6 is 0 Å². The minimum atomic E-state index is -1.29. The van der Waals surface area contributed by atoms with Gasteiger partial charge >= 0.3 is 5.97 Å². The third-order valence-electron chi connectivity index (χ3n) is 2.92. The molecule has 0 radical (unpaired) electrons. The maximum atomic E-state index is 13.7. The number of benzene rings is 2. The molecule has 0 fully saturated rings. The van der Waals surface area contributed by atoms with Crippen molar-refractivity contribution in [3.05, 3.63) is 59.9 Å². The summed E-state index contributed by atoms with van der Waals surface area (Å²) in [5, 5.41) is 25.9. The number of hydrogen-bond donors (Lipinski definition) is 2. The first-order valence-electron chi connectivity index (χ1n) is 6.32. The average Bonchev–Trinajstić information content (AvgIpc) is 2.47. The number of phenols is 1. The van der Waals surface area contributed by atoms with Crippen molar-refractivity contribution >= 4 is 22.9 Å². The summed E-state index contributed by atoms with van der Waals surface area (Å²) >= 11 is 0. The van der Waals surface area contributed by atoms with Crippen molar-refractivity contribution in [2.24, 2.45) is 10.2 Å². The molecule has 2 aromatic rings. The highest BCUT2D eigenvalue weighted by atomic mass is 19.1. The van der Waals surface area contributed by atoms with E-state index < -0.39 is 11.8 Å². The SMILES string of the molecule is C=C(C)c1ccc(F)c(/N=N\c2ccc(O)c(C(=O)O)c2)c1. The van der Waals surface area contributed by atoms with Crippen molar-refractivity contribution in [3.8, 4) is 5.75 Å². The lowest BCUT2D eigenvalue weighted by Gasteiger charge is -2.02. The van der Waals surface area contributed by atoms with Gasteiger partial charge in [0.05, 0.1) is 5.69 Å². The molecule has 0 atom stereocenters. The Kier molecular flexibility index (Phi) is 4.31. The van der Waals surface area contributed by atoms with E-state index in [4.69, 9.17) is 5.11 Å². The standard InChI is InChI=1S/C16H13FN2O3/c1-9(2)10-3-5-13(17)14(7-10)19-18-11-4-6-15(20)12(8-11)16(21)22/h3-8,20H,1H2,2H3,(H,21,22)/b19-18-. The van der Waals surface area contributed by atoms with Gasteiger partial charge < -0.3 is 10.2 Å². The van der Waals surface area contributed by atoms with E-state index in [2.05, 4.69) is 16.8 Å². The second-order valence-corrected chi connectivity index (χ2v) is 4.65. The minimum absolute atomic E-state index is 0.0189. The molecule has 0 aliphatic heterocycles. The third-order valence-corrected chi connectivity index (χ3v) is 2.92. The van der Waals surface area contributed by atoms with Gasteiger partial charge in [0, 0.05) is 0 Å². The summed E-state index contributed by atoms with van der Waals surface area (Å²) < 4.78 is 13.7. The number of aromatic carboxylic acids is 1. The van der Waals surface area contributed by atoms with Crippen molar-refractivity contribution in [2.75, 3.05) is 0 Å². The van der Waals surface area contributed by atoms with Crippen molar-refractivity contribution in [3.63, 3.8) is 0 Å². The van der Waals surface area contributed by atoms with Gasteiger partial charge in [-0.15, -0.1) is 5.11 Å². The number of nitrogens with zero attached hydrogens (tertiary/aromatic N) is 2. The van der Waals surface area contributed by atoms with Crippen LogP contribution in [0.2, 0.25) is 0 Å². The number of carbonyl (C=O) groups is 1. The summed E-state index contributed by atoms with van der Waals surface area (Å²) in [6.45, 7) is 5.55. The number of halogens is 1. The van der Waals surface area contributed by atoms with Crippen LogP contribution in [0.3, 0.4) is 0 Å². The Morgan fingerprint density at radius 2 is 1.91 bits per heavy atom. The molecular weight excluding hydrogens is 287 g/mol. The van der Waals surface area contributed by atoms with Crippen LogP contribution in [0.25, 0.3) is 5.57 Å². The summed E-state index contributed by atoms with van der Waals surface area (Å²) in [5.41, 5.74) is 1.40. The zero-order valence-electron chi connectivity index (χ0n) is 11.7. The molecule has 112 valence electrons. The number of aromatic hydroxyl groups is 1. The van der Waals surface area contributed by atoms with Gasteiger partial charge in [-0.3, -0.25) is 0 Å². The zero-order valence-corrected chi connectivity index (χ0v) is 11.7. The molecule has 6 heteroatoms. The Bertz CT molecular complexity index is 785. The van der Waals surface area contributed by atoms with Gasteiger partial charge in [-0.25, -0.2) is 9.18 Å². The Morgan fingerprint density at radius 1 is 1.18 bits per heavy atom. The van der Waals surface area contributed by atoms with Crippen molar-refractivity contribution in [2.45, 2.75) is 6.92 Å². The van der Waals surface area contributed by atoms with Gasteiger partial charge in [-0.05, 0) is 42.8 Å². The molecule has 0 spiro atoms.